The van der Waals surface area contributed by atoms with E-state index in [-0.39, 0.29) is 11.4 Å². The minimum absolute atomic E-state index is 0.0116. The highest BCUT2D eigenvalue weighted by molar-refractivity contribution is 5.92. The molecule has 88 valence electrons. The van der Waals surface area contributed by atoms with Gasteiger partial charge < -0.3 is 4.90 Å². The quantitative estimate of drug-likeness (QED) is 0.726. The largest absolute Gasteiger partial charge is 0.334 e. The molecule has 1 aliphatic heterocycles. The first-order valence-electron chi connectivity index (χ1n) is 5.37. The molecule has 0 radical (unpaired) electrons. The lowest BCUT2D eigenvalue weighted by Gasteiger charge is -2.45. The molecule has 2 heterocycles. The van der Waals surface area contributed by atoms with Gasteiger partial charge in [-0.2, -0.15) is 15.4 Å². The highest BCUT2D eigenvalue weighted by Gasteiger charge is 2.34. The summed E-state index contributed by atoms with van der Waals surface area (Å²) < 4.78 is 0. The van der Waals surface area contributed by atoms with Crippen molar-refractivity contribution in [3.05, 3.63) is 11.9 Å². The second kappa shape index (κ2) is 3.86. The Bertz CT molecular complexity index is 373. The summed E-state index contributed by atoms with van der Waals surface area (Å²) in [4.78, 5) is 16.1. The number of aromatic nitrogens is 3. The Balaban J connectivity index is 2.10. The van der Waals surface area contributed by atoms with E-state index in [1.54, 1.807) is 0 Å². The van der Waals surface area contributed by atoms with E-state index in [0.29, 0.717) is 5.69 Å². The topological polar surface area (TPSA) is 65.1 Å². The molecular formula is C10H17N5O. The molecule has 2 rings (SSSR count). The highest BCUT2D eigenvalue weighted by atomic mass is 16.2. The number of nitrogens with one attached hydrogen (secondary N) is 1. The number of hydrogen-bond acceptors (Lipinski definition) is 4. The van der Waals surface area contributed by atoms with Crippen molar-refractivity contribution in [3.63, 3.8) is 0 Å². The van der Waals surface area contributed by atoms with Crippen LogP contribution in [0.1, 0.15) is 24.3 Å². The fraction of sp³-hybridized carbons (Fsp3) is 0.700. The monoisotopic (exact) mass is 223 g/mol. The van der Waals surface area contributed by atoms with Crippen LogP contribution in [0.15, 0.2) is 6.20 Å². The molecule has 1 aromatic rings. The SMILES string of the molecule is CN1CCN(C(=O)c2cn[nH]n2)CC1(C)C. The summed E-state index contributed by atoms with van der Waals surface area (Å²) in [5.74, 6) is -0.0464. The predicted molar refractivity (Wildman–Crippen MR) is 59.0 cm³/mol. The molecule has 6 nitrogen and oxygen atoms in total. The number of carbonyl (C=O) groups excluding carboxylic acids is 1. The van der Waals surface area contributed by atoms with Gasteiger partial charge in [-0.1, -0.05) is 0 Å². The average Bonchev–Trinajstić information content (AvgIpc) is 2.74. The number of aromatic amines is 1. The molecule has 1 amide bonds. The van der Waals surface area contributed by atoms with Crippen molar-refractivity contribution in [1.82, 2.24) is 25.2 Å². The van der Waals surface area contributed by atoms with Crippen molar-refractivity contribution in [3.8, 4) is 0 Å². The summed E-state index contributed by atoms with van der Waals surface area (Å²) in [7, 11) is 2.08. The van der Waals surface area contributed by atoms with E-state index >= 15 is 0 Å². The number of hydrogen-bond donors (Lipinski definition) is 1. The zero-order chi connectivity index (χ0) is 11.8. The lowest BCUT2D eigenvalue weighted by atomic mass is 9.99. The van der Waals surface area contributed by atoms with Crippen LogP contribution in [0.3, 0.4) is 0 Å². The lowest BCUT2D eigenvalue weighted by molar-refractivity contribution is 0.0307. The van der Waals surface area contributed by atoms with Crippen LogP contribution < -0.4 is 0 Å². The number of carbonyl (C=O) groups is 1. The van der Waals surface area contributed by atoms with Crippen LogP contribution in [0.4, 0.5) is 0 Å². The molecule has 0 unspecified atom stereocenters. The zero-order valence-corrected chi connectivity index (χ0v) is 9.90. The van der Waals surface area contributed by atoms with E-state index in [1.807, 2.05) is 4.90 Å². The molecule has 1 saturated heterocycles. The van der Waals surface area contributed by atoms with Gasteiger partial charge in [-0.05, 0) is 20.9 Å². The van der Waals surface area contributed by atoms with Crippen LogP contribution >= 0.6 is 0 Å². The minimum atomic E-state index is -0.0464. The van der Waals surface area contributed by atoms with Gasteiger partial charge in [0.25, 0.3) is 5.91 Å². The molecule has 0 spiro atoms. The van der Waals surface area contributed by atoms with Crippen molar-refractivity contribution in [2.75, 3.05) is 26.7 Å². The lowest BCUT2D eigenvalue weighted by Crippen LogP contribution is -2.58. The number of H-pyrrole nitrogens is 1. The molecule has 16 heavy (non-hydrogen) atoms. The van der Waals surface area contributed by atoms with Crippen molar-refractivity contribution in [2.24, 2.45) is 0 Å². The zero-order valence-electron chi connectivity index (χ0n) is 9.90. The van der Waals surface area contributed by atoms with Crippen molar-refractivity contribution >= 4 is 5.91 Å². The van der Waals surface area contributed by atoms with E-state index in [2.05, 4.69) is 41.2 Å². The Hall–Kier alpha value is -1.43. The van der Waals surface area contributed by atoms with Gasteiger partial charge in [-0.15, -0.1) is 0 Å². The summed E-state index contributed by atoms with van der Waals surface area (Å²) in [6.07, 6.45) is 1.47. The molecular weight excluding hydrogens is 206 g/mol. The van der Waals surface area contributed by atoms with Crippen LogP contribution in [0.2, 0.25) is 0 Å². The summed E-state index contributed by atoms with van der Waals surface area (Å²) in [6, 6.07) is 0. The third kappa shape index (κ3) is 1.92. The number of amides is 1. The third-order valence-electron chi connectivity index (χ3n) is 3.24. The average molecular weight is 223 g/mol. The van der Waals surface area contributed by atoms with Crippen LogP contribution in [0.5, 0.6) is 0 Å². The van der Waals surface area contributed by atoms with E-state index in [9.17, 15) is 4.79 Å². The predicted octanol–water partition coefficient (Wildman–Crippen LogP) is -0.0291. The van der Waals surface area contributed by atoms with Gasteiger partial charge in [0, 0.05) is 25.2 Å². The molecule has 0 saturated carbocycles. The molecule has 0 aliphatic carbocycles. The molecule has 0 aromatic carbocycles. The maximum atomic E-state index is 12.0. The maximum Gasteiger partial charge on any atom is 0.276 e. The van der Waals surface area contributed by atoms with Gasteiger partial charge in [0.05, 0.1) is 6.20 Å². The Morgan fingerprint density at radius 2 is 2.25 bits per heavy atom. The fourth-order valence-electron chi connectivity index (χ4n) is 1.88. The van der Waals surface area contributed by atoms with Crippen LogP contribution in [0.25, 0.3) is 0 Å². The molecule has 1 N–H and O–H groups in total. The van der Waals surface area contributed by atoms with E-state index in [4.69, 9.17) is 0 Å². The Kier molecular flexibility index (Phi) is 2.67. The molecule has 0 atom stereocenters. The third-order valence-corrected chi connectivity index (χ3v) is 3.24. The van der Waals surface area contributed by atoms with Gasteiger partial charge in [0.2, 0.25) is 0 Å². The van der Waals surface area contributed by atoms with Crippen molar-refractivity contribution in [1.29, 1.82) is 0 Å². The molecule has 6 heteroatoms. The summed E-state index contributed by atoms with van der Waals surface area (Å²) in [5.41, 5.74) is 0.401. The summed E-state index contributed by atoms with van der Waals surface area (Å²) in [6.45, 7) is 6.61. The van der Waals surface area contributed by atoms with Gasteiger partial charge in [-0.3, -0.25) is 9.69 Å². The molecule has 1 aliphatic rings. The van der Waals surface area contributed by atoms with E-state index < -0.39 is 0 Å². The smallest absolute Gasteiger partial charge is 0.276 e. The van der Waals surface area contributed by atoms with E-state index in [1.165, 1.54) is 6.20 Å². The van der Waals surface area contributed by atoms with Crippen molar-refractivity contribution in [2.45, 2.75) is 19.4 Å². The van der Waals surface area contributed by atoms with Crippen molar-refractivity contribution < 1.29 is 4.79 Å². The van der Waals surface area contributed by atoms with Crippen LogP contribution in [-0.2, 0) is 0 Å². The molecule has 1 fully saturated rings. The standard InChI is InChI=1S/C10H17N5O/c1-10(2)7-15(5-4-14(10)3)9(16)8-6-11-13-12-8/h6H,4-5,7H2,1-3H3,(H,11,12,13). The summed E-state index contributed by atoms with van der Waals surface area (Å²) >= 11 is 0. The summed E-state index contributed by atoms with van der Waals surface area (Å²) in [5, 5.41) is 9.93. The number of nitrogens with zero attached hydrogens (tertiary/aromatic N) is 4. The minimum Gasteiger partial charge on any atom is -0.334 e. The highest BCUT2D eigenvalue weighted by Crippen LogP contribution is 2.19. The maximum absolute atomic E-state index is 12.0. The number of rotatable bonds is 1. The van der Waals surface area contributed by atoms with Crippen LogP contribution in [-0.4, -0.2) is 63.3 Å². The van der Waals surface area contributed by atoms with Gasteiger partial charge in [0.15, 0.2) is 5.69 Å². The Labute approximate surface area is 94.6 Å². The van der Waals surface area contributed by atoms with Crippen LogP contribution in [0, 0.1) is 0 Å². The second-order valence-corrected chi connectivity index (χ2v) is 4.82. The Morgan fingerprint density at radius 1 is 1.50 bits per heavy atom. The second-order valence-electron chi connectivity index (χ2n) is 4.82. The van der Waals surface area contributed by atoms with E-state index in [0.717, 1.165) is 19.6 Å². The van der Waals surface area contributed by atoms with Gasteiger partial charge in [0.1, 0.15) is 0 Å². The normalized spacial score (nSPS) is 21.1. The van der Waals surface area contributed by atoms with Gasteiger partial charge >= 0.3 is 0 Å². The Morgan fingerprint density at radius 3 is 2.81 bits per heavy atom. The molecule has 0 bridgehead atoms. The fourth-order valence-corrected chi connectivity index (χ4v) is 1.88. The first-order chi connectivity index (χ1) is 7.50. The van der Waals surface area contributed by atoms with Gasteiger partial charge in [-0.25, -0.2) is 0 Å². The molecule has 1 aromatic heterocycles. The number of piperazine rings is 1. The first-order valence-corrected chi connectivity index (χ1v) is 5.37. The number of likely N-dealkylation sites (N-methyl/N-ethyl adjacent to an activating group) is 1. The first kappa shape index (κ1) is 11.1.